The summed E-state index contributed by atoms with van der Waals surface area (Å²) in [5.41, 5.74) is 0. The van der Waals surface area contributed by atoms with E-state index in [1.54, 1.807) is 7.11 Å². The fourth-order valence-electron chi connectivity index (χ4n) is 2.96. The lowest BCUT2D eigenvalue weighted by atomic mass is 9.86. The highest BCUT2D eigenvalue weighted by molar-refractivity contribution is 4.99. The van der Waals surface area contributed by atoms with Gasteiger partial charge in [0, 0.05) is 6.42 Å². The Kier molecular flexibility index (Phi) is 6.04. The monoisotopic (exact) mass is 240 g/mol. The van der Waals surface area contributed by atoms with Crippen LogP contribution in [-0.2, 0) is 4.74 Å². The lowest BCUT2D eigenvalue weighted by Gasteiger charge is -2.21. The van der Waals surface area contributed by atoms with E-state index in [1.807, 2.05) is 0 Å². The number of ether oxygens (including phenoxy) is 1. The van der Waals surface area contributed by atoms with E-state index in [1.165, 1.54) is 12.8 Å². The first-order valence-corrected chi connectivity index (χ1v) is 7.03. The summed E-state index contributed by atoms with van der Waals surface area (Å²) < 4.78 is 5.36. The van der Waals surface area contributed by atoms with Crippen LogP contribution in [0.4, 0.5) is 0 Å². The molecule has 1 saturated carbocycles. The topological polar surface area (TPSA) is 29.5 Å². The number of methoxy groups -OCH3 is 1. The molecule has 1 N–H and O–H groups in total. The molecule has 0 spiro atoms. The van der Waals surface area contributed by atoms with Crippen molar-refractivity contribution >= 4 is 0 Å². The summed E-state index contributed by atoms with van der Waals surface area (Å²) >= 11 is 0. The maximum Gasteiger partial charge on any atom is 0.0915 e. The molecule has 1 aliphatic rings. The van der Waals surface area contributed by atoms with Gasteiger partial charge in [-0.2, -0.15) is 0 Å². The van der Waals surface area contributed by atoms with Crippen molar-refractivity contribution in [2.24, 2.45) is 17.8 Å². The van der Waals surface area contributed by atoms with Crippen LogP contribution < -0.4 is 0 Å². The van der Waals surface area contributed by atoms with Crippen LogP contribution in [0.15, 0.2) is 11.8 Å². The molecule has 17 heavy (non-hydrogen) atoms. The second-order valence-corrected chi connectivity index (χ2v) is 5.47. The van der Waals surface area contributed by atoms with E-state index in [4.69, 9.17) is 4.74 Å². The minimum absolute atomic E-state index is 0.138. The molecule has 1 rings (SSSR count). The van der Waals surface area contributed by atoms with E-state index in [-0.39, 0.29) is 6.10 Å². The maximum absolute atomic E-state index is 10.1. The standard InChI is InChI=1S/C15H28O2/c1-5-12-7-11(3)13(9-14(16)8-12)10-15(6-2)17-4/h10-14,16H,5-9H2,1-4H3. The van der Waals surface area contributed by atoms with Gasteiger partial charge in [-0.25, -0.2) is 0 Å². The van der Waals surface area contributed by atoms with Gasteiger partial charge in [0.1, 0.15) is 0 Å². The average Bonchev–Trinajstić information content (AvgIpc) is 2.45. The van der Waals surface area contributed by atoms with Crippen LogP contribution in [-0.4, -0.2) is 18.3 Å². The molecule has 0 aromatic rings. The molecule has 0 aliphatic heterocycles. The first kappa shape index (κ1) is 14.6. The van der Waals surface area contributed by atoms with Crippen LogP contribution in [0.1, 0.15) is 52.9 Å². The van der Waals surface area contributed by atoms with Crippen LogP contribution in [0.3, 0.4) is 0 Å². The number of hydrogen-bond acceptors (Lipinski definition) is 2. The molecule has 0 amide bonds. The van der Waals surface area contributed by atoms with Gasteiger partial charge in [-0.15, -0.1) is 0 Å². The smallest absolute Gasteiger partial charge is 0.0915 e. The maximum atomic E-state index is 10.1. The summed E-state index contributed by atoms with van der Waals surface area (Å²) in [5.74, 6) is 2.86. The first-order valence-electron chi connectivity index (χ1n) is 7.03. The quantitative estimate of drug-likeness (QED) is 0.599. The Labute approximate surface area is 106 Å². The van der Waals surface area contributed by atoms with Crippen LogP contribution >= 0.6 is 0 Å². The first-order chi connectivity index (χ1) is 8.10. The van der Waals surface area contributed by atoms with Crippen molar-refractivity contribution in [3.05, 3.63) is 11.8 Å². The van der Waals surface area contributed by atoms with Gasteiger partial charge >= 0.3 is 0 Å². The number of aliphatic hydroxyl groups is 1. The summed E-state index contributed by atoms with van der Waals surface area (Å²) in [7, 11) is 1.74. The van der Waals surface area contributed by atoms with E-state index < -0.39 is 0 Å². The SMILES string of the molecule is CCC(=CC1CC(O)CC(CC)CC1C)OC. The fraction of sp³-hybridized carbons (Fsp3) is 0.867. The minimum atomic E-state index is -0.138. The number of allylic oxidation sites excluding steroid dienone is 2. The normalized spacial score (nSPS) is 35.5. The summed E-state index contributed by atoms with van der Waals surface area (Å²) in [4.78, 5) is 0. The highest BCUT2D eigenvalue weighted by atomic mass is 16.5. The van der Waals surface area contributed by atoms with Gasteiger partial charge in [0.15, 0.2) is 0 Å². The van der Waals surface area contributed by atoms with Crippen LogP contribution in [0.25, 0.3) is 0 Å². The molecule has 0 saturated heterocycles. The second-order valence-electron chi connectivity index (χ2n) is 5.47. The highest BCUT2D eigenvalue weighted by Crippen LogP contribution is 2.35. The van der Waals surface area contributed by atoms with Crippen molar-refractivity contribution < 1.29 is 9.84 Å². The Morgan fingerprint density at radius 3 is 2.53 bits per heavy atom. The van der Waals surface area contributed by atoms with Gasteiger partial charge in [-0.1, -0.05) is 27.2 Å². The molecule has 0 radical (unpaired) electrons. The molecule has 0 heterocycles. The van der Waals surface area contributed by atoms with Gasteiger partial charge in [0.05, 0.1) is 19.0 Å². The summed E-state index contributed by atoms with van der Waals surface area (Å²) in [6, 6.07) is 0. The molecule has 1 aliphatic carbocycles. The second kappa shape index (κ2) is 7.05. The van der Waals surface area contributed by atoms with Crippen molar-refractivity contribution in [3.63, 3.8) is 0 Å². The van der Waals surface area contributed by atoms with Gasteiger partial charge < -0.3 is 9.84 Å². The van der Waals surface area contributed by atoms with Gasteiger partial charge in [0.25, 0.3) is 0 Å². The molecule has 4 unspecified atom stereocenters. The average molecular weight is 240 g/mol. The summed E-state index contributed by atoms with van der Waals surface area (Å²) in [6.07, 6.45) is 7.32. The third-order valence-electron chi connectivity index (χ3n) is 4.17. The van der Waals surface area contributed by atoms with Crippen LogP contribution in [0, 0.1) is 17.8 Å². The number of rotatable bonds is 4. The van der Waals surface area contributed by atoms with Crippen molar-refractivity contribution in [3.8, 4) is 0 Å². The van der Waals surface area contributed by atoms with E-state index in [2.05, 4.69) is 26.8 Å². The third kappa shape index (κ3) is 4.34. The van der Waals surface area contributed by atoms with Crippen molar-refractivity contribution in [2.45, 2.75) is 59.0 Å². The summed E-state index contributed by atoms with van der Waals surface area (Å²) in [6.45, 7) is 6.65. The number of aliphatic hydroxyl groups excluding tert-OH is 1. The van der Waals surface area contributed by atoms with Crippen molar-refractivity contribution in [1.29, 1.82) is 0 Å². The fourth-order valence-corrected chi connectivity index (χ4v) is 2.96. The van der Waals surface area contributed by atoms with Crippen LogP contribution in [0.2, 0.25) is 0 Å². The lowest BCUT2D eigenvalue weighted by Crippen LogP contribution is -2.14. The van der Waals surface area contributed by atoms with E-state index in [9.17, 15) is 5.11 Å². The molecule has 2 nitrogen and oxygen atoms in total. The van der Waals surface area contributed by atoms with E-state index in [0.717, 1.165) is 25.0 Å². The van der Waals surface area contributed by atoms with Gasteiger partial charge in [-0.05, 0) is 43.1 Å². The van der Waals surface area contributed by atoms with Gasteiger partial charge in [0.2, 0.25) is 0 Å². The Morgan fingerprint density at radius 2 is 2.00 bits per heavy atom. The van der Waals surface area contributed by atoms with Crippen molar-refractivity contribution in [1.82, 2.24) is 0 Å². The number of hydrogen-bond donors (Lipinski definition) is 1. The Morgan fingerprint density at radius 1 is 1.29 bits per heavy atom. The minimum Gasteiger partial charge on any atom is -0.501 e. The predicted molar refractivity (Wildman–Crippen MR) is 71.7 cm³/mol. The molecule has 4 atom stereocenters. The molecule has 2 heteroatoms. The molecule has 0 aromatic heterocycles. The molecule has 0 bridgehead atoms. The zero-order chi connectivity index (χ0) is 12.8. The highest BCUT2D eigenvalue weighted by Gasteiger charge is 2.28. The largest absolute Gasteiger partial charge is 0.501 e. The summed E-state index contributed by atoms with van der Waals surface area (Å²) in [5, 5.41) is 10.1. The molecular formula is C15H28O2. The predicted octanol–water partition coefficient (Wildman–Crippen LogP) is 3.75. The van der Waals surface area contributed by atoms with Gasteiger partial charge in [-0.3, -0.25) is 0 Å². The molecule has 0 aromatic carbocycles. The zero-order valence-corrected chi connectivity index (χ0v) is 11.8. The molecule has 100 valence electrons. The Hall–Kier alpha value is -0.500. The Balaban J connectivity index is 2.74. The van der Waals surface area contributed by atoms with Crippen molar-refractivity contribution in [2.75, 3.05) is 7.11 Å². The zero-order valence-electron chi connectivity index (χ0n) is 11.8. The third-order valence-corrected chi connectivity index (χ3v) is 4.17. The van der Waals surface area contributed by atoms with E-state index in [0.29, 0.717) is 17.8 Å². The Bertz CT molecular complexity index is 241. The molecule has 1 fully saturated rings. The van der Waals surface area contributed by atoms with Crippen LogP contribution in [0.5, 0.6) is 0 Å². The lowest BCUT2D eigenvalue weighted by molar-refractivity contribution is 0.132. The molecular weight excluding hydrogens is 212 g/mol. The van der Waals surface area contributed by atoms with E-state index >= 15 is 0 Å².